The Morgan fingerprint density at radius 1 is 0.667 bits per heavy atom. The Labute approximate surface area is 297 Å². The third kappa shape index (κ3) is 4.10. The summed E-state index contributed by atoms with van der Waals surface area (Å²) in [6, 6.07) is 34.5. The monoisotopic (exact) mass is 807 g/mol. The van der Waals surface area contributed by atoms with Crippen LogP contribution in [0.3, 0.4) is 0 Å². The van der Waals surface area contributed by atoms with Gasteiger partial charge in [-0.15, -0.1) is 35.2 Å². The van der Waals surface area contributed by atoms with Crippen LogP contribution in [0.4, 0.5) is 0 Å². The number of pyridine rings is 1. The number of aromatic nitrogens is 4. The van der Waals surface area contributed by atoms with E-state index in [0.717, 1.165) is 16.7 Å². The van der Waals surface area contributed by atoms with Gasteiger partial charge in [-0.3, -0.25) is 9.67 Å². The first-order chi connectivity index (χ1) is 22.3. The van der Waals surface area contributed by atoms with E-state index in [1.807, 2.05) is 18.3 Å². The minimum Gasteiger partial charge on any atom is -0.336 e. The number of imidazole rings is 1. The molecule has 0 spiro atoms. The van der Waals surface area contributed by atoms with Crippen molar-refractivity contribution in [3.63, 3.8) is 0 Å². The Morgan fingerprint density at radius 2 is 1.35 bits per heavy atom. The molecule has 0 saturated heterocycles. The number of aryl methyl sites for hydroxylation is 1. The third-order valence-electron chi connectivity index (χ3n) is 12.3. The van der Waals surface area contributed by atoms with Crippen LogP contribution in [-0.4, -0.2) is 19.2 Å². The third-order valence-corrected chi connectivity index (χ3v) is 12.3. The van der Waals surface area contributed by atoms with Crippen LogP contribution < -0.4 is 0 Å². The van der Waals surface area contributed by atoms with Crippen LogP contribution >= 0.6 is 0 Å². The summed E-state index contributed by atoms with van der Waals surface area (Å²) in [5.41, 5.74) is 12.5. The van der Waals surface area contributed by atoms with E-state index in [0.29, 0.717) is 0 Å². The second-order valence-electron chi connectivity index (χ2n) is 15.5. The van der Waals surface area contributed by atoms with Gasteiger partial charge in [0.15, 0.2) is 0 Å². The van der Waals surface area contributed by atoms with E-state index in [2.05, 4.69) is 156 Å². The van der Waals surface area contributed by atoms with Gasteiger partial charge in [0.05, 0.1) is 17.5 Å². The topological polar surface area (TPSA) is 35.1 Å². The molecule has 5 heterocycles. The largest absolute Gasteiger partial charge is 0.336 e. The minimum absolute atomic E-state index is 0. The number of hydrogen-bond acceptors (Lipinski definition) is 2. The summed E-state index contributed by atoms with van der Waals surface area (Å²) < 4.78 is 4.48. The van der Waals surface area contributed by atoms with Crippen LogP contribution in [0.1, 0.15) is 83.5 Å². The first-order valence-corrected chi connectivity index (χ1v) is 16.7. The number of rotatable bonds is 1. The minimum atomic E-state index is -0.0448. The molecule has 0 aliphatic carbocycles. The molecule has 3 aromatic heterocycles. The molecule has 0 saturated carbocycles. The average molecular weight is 807 g/mol. The molecule has 245 valence electrons. The van der Waals surface area contributed by atoms with Crippen molar-refractivity contribution in [2.75, 3.05) is 0 Å². The molecule has 0 unspecified atom stereocenters. The zero-order valence-corrected chi connectivity index (χ0v) is 31.7. The molecule has 2 aliphatic rings. The first kappa shape index (κ1) is 32.5. The van der Waals surface area contributed by atoms with Crippen LogP contribution in [-0.2, 0) is 41.8 Å². The van der Waals surface area contributed by atoms with E-state index in [1.54, 1.807) is 0 Å². The average Bonchev–Trinajstić information content (AvgIpc) is 3.71. The van der Waals surface area contributed by atoms with Crippen LogP contribution in [0.2, 0.25) is 0 Å². The van der Waals surface area contributed by atoms with Gasteiger partial charge < -0.3 is 4.40 Å². The van der Waals surface area contributed by atoms with Gasteiger partial charge in [-0.1, -0.05) is 109 Å². The standard InChI is InChI=1S/C22H21N2.C21H21N2.Ir/c1-13-10-11-16-19-18(13)14-8-6-7-9-15(14)20-23-12-17(24(19)20)22(4,5)21(16,2)3;1-20(2)17-12-8-9-13-18(17)23-19(21(20,3)4)16(14-22-23)15-10-6-5-7-11-15;/h6-8,10-12H,1-5H3;5-12,14H,1-4H3;/q2*-1;. The number of fused-ring (bicyclic) bond motifs is 6. The fourth-order valence-electron chi connectivity index (χ4n) is 8.14. The molecule has 0 amide bonds. The summed E-state index contributed by atoms with van der Waals surface area (Å²) >= 11 is 0. The molecule has 2 aliphatic heterocycles. The Bertz CT molecular complexity index is 2360. The van der Waals surface area contributed by atoms with E-state index in [9.17, 15) is 0 Å². The van der Waals surface area contributed by atoms with Gasteiger partial charge >= 0.3 is 0 Å². The maximum atomic E-state index is 4.82. The summed E-state index contributed by atoms with van der Waals surface area (Å²) in [7, 11) is 0. The predicted molar refractivity (Wildman–Crippen MR) is 194 cm³/mol. The summed E-state index contributed by atoms with van der Waals surface area (Å²) in [6.45, 7) is 20.9. The molecule has 7 aromatic rings. The van der Waals surface area contributed by atoms with Gasteiger partial charge in [-0.2, -0.15) is 29.4 Å². The normalized spacial score (nSPS) is 17.4. The molecular weight excluding hydrogens is 765 g/mol. The van der Waals surface area contributed by atoms with Crippen LogP contribution in [0.25, 0.3) is 44.1 Å². The summed E-state index contributed by atoms with van der Waals surface area (Å²) in [5.74, 6) is 0. The zero-order chi connectivity index (χ0) is 33.1. The molecule has 5 heteroatoms. The number of para-hydroxylation sites is 1. The number of hydrogen-bond donors (Lipinski definition) is 0. The summed E-state index contributed by atoms with van der Waals surface area (Å²) in [5, 5.41) is 8.44. The fourth-order valence-corrected chi connectivity index (χ4v) is 8.14. The molecule has 0 atom stereocenters. The van der Waals surface area contributed by atoms with Gasteiger partial charge in [0.25, 0.3) is 0 Å². The van der Waals surface area contributed by atoms with Crippen molar-refractivity contribution in [1.82, 2.24) is 19.2 Å². The van der Waals surface area contributed by atoms with Crippen molar-refractivity contribution < 1.29 is 20.1 Å². The van der Waals surface area contributed by atoms with Crippen molar-refractivity contribution >= 4 is 27.3 Å². The smallest absolute Gasteiger partial charge is 0.0611 e. The van der Waals surface area contributed by atoms with Gasteiger partial charge in [0.2, 0.25) is 0 Å². The molecule has 0 N–H and O–H groups in total. The second kappa shape index (κ2) is 10.7. The van der Waals surface area contributed by atoms with Crippen molar-refractivity contribution in [1.29, 1.82) is 0 Å². The Morgan fingerprint density at radius 3 is 2.10 bits per heavy atom. The zero-order valence-electron chi connectivity index (χ0n) is 29.3. The summed E-state index contributed by atoms with van der Waals surface area (Å²) in [4.78, 5) is 4.82. The molecule has 1 radical (unpaired) electrons. The van der Waals surface area contributed by atoms with Crippen LogP contribution in [0.15, 0.2) is 91.3 Å². The van der Waals surface area contributed by atoms with Crippen molar-refractivity contribution in [3.05, 3.63) is 131 Å². The maximum absolute atomic E-state index is 4.82. The van der Waals surface area contributed by atoms with E-state index in [-0.39, 0.29) is 41.8 Å². The summed E-state index contributed by atoms with van der Waals surface area (Å²) in [6.07, 6.45) is 4.07. The van der Waals surface area contributed by atoms with Crippen molar-refractivity contribution in [2.45, 2.75) is 84.0 Å². The van der Waals surface area contributed by atoms with Gasteiger partial charge in [0.1, 0.15) is 0 Å². The molecule has 48 heavy (non-hydrogen) atoms. The van der Waals surface area contributed by atoms with Crippen molar-refractivity contribution in [2.24, 2.45) is 0 Å². The van der Waals surface area contributed by atoms with E-state index < -0.39 is 0 Å². The molecule has 9 rings (SSSR count). The van der Waals surface area contributed by atoms with Gasteiger partial charge in [-0.05, 0) is 34.5 Å². The van der Waals surface area contributed by atoms with E-state index in [4.69, 9.17) is 10.1 Å². The number of benzene rings is 4. The van der Waals surface area contributed by atoms with Gasteiger partial charge in [-0.25, -0.2) is 0 Å². The Kier molecular flexibility index (Phi) is 7.26. The van der Waals surface area contributed by atoms with Crippen LogP contribution in [0.5, 0.6) is 0 Å². The maximum Gasteiger partial charge on any atom is 0.0611 e. The van der Waals surface area contributed by atoms with E-state index >= 15 is 0 Å². The molecule has 0 fully saturated rings. The SMILES string of the molecule is CC1(C)c2ccc[c-]c2-n2ncc(-c3ccccc3)c2C1(C)C.Cc1ccc2c3c1c1ccc[c-]c1c1ncc(n13)C(C)(C)C2(C)C.[Ir]. The second-order valence-corrected chi connectivity index (χ2v) is 15.5. The molecule has 4 nitrogen and oxygen atoms in total. The fraction of sp³-hybridized carbons (Fsp3) is 0.302. The quantitative estimate of drug-likeness (QED) is 0.122. The number of nitrogens with zero attached hydrogens (tertiary/aromatic N) is 4. The predicted octanol–water partition coefficient (Wildman–Crippen LogP) is 10.2. The molecule has 0 bridgehead atoms. The van der Waals surface area contributed by atoms with E-state index in [1.165, 1.54) is 55.5 Å². The molecular formula is C43H42IrN4-2. The Balaban J connectivity index is 0.000000149. The molecule has 4 aromatic carbocycles. The first-order valence-electron chi connectivity index (χ1n) is 16.7. The van der Waals surface area contributed by atoms with Crippen LogP contribution in [0, 0.1) is 19.1 Å². The van der Waals surface area contributed by atoms with Crippen molar-refractivity contribution in [3.8, 4) is 16.8 Å². The van der Waals surface area contributed by atoms with Gasteiger partial charge in [0, 0.05) is 59.3 Å². The Hall–Kier alpha value is -4.05.